The summed E-state index contributed by atoms with van der Waals surface area (Å²) in [5.74, 6) is -3.13. The van der Waals surface area contributed by atoms with E-state index in [0.717, 1.165) is 0 Å². The van der Waals surface area contributed by atoms with Gasteiger partial charge in [0.2, 0.25) is 5.91 Å². The van der Waals surface area contributed by atoms with Crippen molar-refractivity contribution in [3.8, 4) is 0 Å². The normalized spacial score (nSPS) is 13.3. The fourth-order valence-electron chi connectivity index (χ4n) is 1.43. The van der Waals surface area contributed by atoms with E-state index in [-0.39, 0.29) is 0 Å². The molecule has 0 unspecified atom stereocenters. The van der Waals surface area contributed by atoms with Gasteiger partial charge in [0.05, 0.1) is 6.42 Å². The minimum atomic E-state index is -1.49. The van der Waals surface area contributed by atoms with Crippen LogP contribution in [-0.2, 0) is 14.4 Å². The molecule has 2 amide bonds. The van der Waals surface area contributed by atoms with Crippen molar-refractivity contribution in [3.63, 3.8) is 0 Å². The Hall–Kier alpha value is -2.41. The number of carboxylic acids is 1. The summed E-state index contributed by atoms with van der Waals surface area (Å²) in [5.41, 5.74) is 5.31. The number of hydrogen-bond acceptors (Lipinski definition) is 4. The predicted molar refractivity (Wildman–Crippen MR) is 64.8 cm³/mol. The summed E-state index contributed by atoms with van der Waals surface area (Å²) in [6.45, 7) is 0. The highest BCUT2D eigenvalue weighted by Gasteiger charge is 2.25. The summed E-state index contributed by atoms with van der Waals surface area (Å²) < 4.78 is 0. The Morgan fingerprint density at radius 1 is 1.21 bits per heavy atom. The minimum Gasteiger partial charge on any atom is -0.481 e. The van der Waals surface area contributed by atoms with Gasteiger partial charge in [-0.2, -0.15) is 0 Å². The van der Waals surface area contributed by atoms with E-state index in [1.54, 1.807) is 18.2 Å². The summed E-state index contributed by atoms with van der Waals surface area (Å²) in [4.78, 5) is 33.2. The molecule has 19 heavy (non-hydrogen) atoms. The maximum atomic E-state index is 11.7. The molecule has 0 radical (unpaired) electrons. The topological polar surface area (TPSA) is 130 Å². The lowest BCUT2D eigenvalue weighted by Gasteiger charge is -2.16. The number of benzene rings is 1. The molecule has 0 saturated heterocycles. The lowest BCUT2D eigenvalue weighted by atomic mass is 10.1. The van der Waals surface area contributed by atoms with Gasteiger partial charge in [0, 0.05) is 0 Å². The Morgan fingerprint density at radius 2 is 1.79 bits per heavy atom. The Balaban J connectivity index is 2.72. The molecular weight excluding hydrogens is 252 g/mol. The highest BCUT2D eigenvalue weighted by molar-refractivity contribution is 5.91. The van der Waals surface area contributed by atoms with Gasteiger partial charge in [-0.1, -0.05) is 30.3 Å². The Bertz CT molecular complexity index is 474. The maximum Gasteiger partial charge on any atom is 0.305 e. The molecule has 0 spiro atoms. The van der Waals surface area contributed by atoms with E-state index >= 15 is 0 Å². The lowest BCUT2D eigenvalue weighted by molar-refractivity contribution is -0.141. The molecule has 0 fully saturated rings. The summed E-state index contributed by atoms with van der Waals surface area (Å²) in [6.07, 6.45) is -2.13. The fraction of sp³-hybridized carbons (Fsp3) is 0.250. The van der Waals surface area contributed by atoms with Gasteiger partial charge in [-0.3, -0.25) is 14.4 Å². The van der Waals surface area contributed by atoms with Gasteiger partial charge in [-0.25, -0.2) is 0 Å². The number of amides is 2. The average molecular weight is 266 g/mol. The van der Waals surface area contributed by atoms with Crippen LogP contribution < -0.4 is 11.1 Å². The molecular formula is C12H14N2O5. The number of primary amides is 1. The van der Waals surface area contributed by atoms with Gasteiger partial charge < -0.3 is 21.3 Å². The van der Waals surface area contributed by atoms with Crippen LogP contribution in [0.5, 0.6) is 0 Å². The largest absolute Gasteiger partial charge is 0.481 e. The zero-order valence-electron chi connectivity index (χ0n) is 9.95. The quantitative estimate of drug-likeness (QED) is 0.533. The van der Waals surface area contributed by atoms with Crippen molar-refractivity contribution in [1.29, 1.82) is 0 Å². The van der Waals surface area contributed by atoms with Crippen molar-refractivity contribution < 1.29 is 24.6 Å². The Kier molecular flexibility index (Phi) is 5.01. The smallest absolute Gasteiger partial charge is 0.305 e. The molecule has 1 aromatic rings. The third-order valence-electron chi connectivity index (χ3n) is 2.40. The maximum absolute atomic E-state index is 11.7. The number of carbonyl (C=O) groups excluding carboxylic acids is 2. The highest BCUT2D eigenvalue weighted by Crippen LogP contribution is 2.12. The molecule has 2 atom stereocenters. The van der Waals surface area contributed by atoms with Crippen LogP contribution in [0.1, 0.15) is 18.1 Å². The summed E-state index contributed by atoms with van der Waals surface area (Å²) in [6, 6.07) is 6.68. The van der Waals surface area contributed by atoms with Gasteiger partial charge in [-0.15, -0.1) is 0 Å². The van der Waals surface area contributed by atoms with Crippen molar-refractivity contribution in [3.05, 3.63) is 35.9 Å². The number of carboxylic acid groups (broad SMARTS) is 1. The molecule has 5 N–H and O–H groups in total. The first-order valence-corrected chi connectivity index (χ1v) is 5.46. The molecule has 1 aromatic carbocycles. The number of carbonyl (C=O) groups is 3. The molecule has 0 aromatic heterocycles. The fourth-order valence-corrected chi connectivity index (χ4v) is 1.43. The van der Waals surface area contributed by atoms with E-state index in [1.165, 1.54) is 12.1 Å². The molecule has 0 saturated carbocycles. The number of nitrogens with one attached hydrogen (secondary N) is 1. The zero-order chi connectivity index (χ0) is 14.4. The van der Waals surface area contributed by atoms with Crippen LogP contribution in [-0.4, -0.2) is 34.0 Å². The molecule has 1 rings (SSSR count). The second-order valence-corrected chi connectivity index (χ2v) is 3.87. The van der Waals surface area contributed by atoms with Crippen LogP contribution in [0.4, 0.5) is 0 Å². The van der Waals surface area contributed by atoms with E-state index < -0.39 is 36.4 Å². The SMILES string of the molecule is NC(=O)[C@H](CC(=O)O)NC(=O)[C@@H](O)c1ccccc1. The van der Waals surface area contributed by atoms with Crippen molar-refractivity contribution in [2.45, 2.75) is 18.6 Å². The number of aliphatic hydroxyl groups is 1. The average Bonchev–Trinajstić information content (AvgIpc) is 2.37. The van der Waals surface area contributed by atoms with Crippen molar-refractivity contribution >= 4 is 17.8 Å². The van der Waals surface area contributed by atoms with E-state index in [1.807, 2.05) is 0 Å². The molecule has 0 aliphatic carbocycles. The van der Waals surface area contributed by atoms with Crippen LogP contribution in [0.2, 0.25) is 0 Å². The monoisotopic (exact) mass is 266 g/mol. The van der Waals surface area contributed by atoms with Crippen LogP contribution in [0.25, 0.3) is 0 Å². The Morgan fingerprint density at radius 3 is 2.26 bits per heavy atom. The number of hydrogen-bond donors (Lipinski definition) is 4. The van der Waals surface area contributed by atoms with Gasteiger partial charge in [-0.05, 0) is 5.56 Å². The highest BCUT2D eigenvalue weighted by atomic mass is 16.4. The predicted octanol–water partition coefficient (Wildman–Crippen LogP) is -0.835. The van der Waals surface area contributed by atoms with Crippen molar-refractivity contribution in [2.24, 2.45) is 5.73 Å². The Labute approximate surface area is 109 Å². The molecule has 102 valence electrons. The first-order chi connectivity index (χ1) is 8.91. The van der Waals surface area contributed by atoms with E-state index in [9.17, 15) is 19.5 Å². The van der Waals surface area contributed by atoms with Gasteiger partial charge >= 0.3 is 5.97 Å². The van der Waals surface area contributed by atoms with Gasteiger partial charge in [0.15, 0.2) is 6.10 Å². The van der Waals surface area contributed by atoms with E-state index in [4.69, 9.17) is 10.8 Å². The molecule has 7 nitrogen and oxygen atoms in total. The first kappa shape index (κ1) is 14.7. The molecule has 0 aliphatic heterocycles. The number of aliphatic hydroxyl groups excluding tert-OH is 1. The molecule has 0 bridgehead atoms. The zero-order valence-corrected chi connectivity index (χ0v) is 9.95. The second kappa shape index (κ2) is 6.50. The second-order valence-electron chi connectivity index (χ2n) is 3.87. The first-order valence-electron chi connectivity index (χ1n) is 5.46. The molecule has 0 aliphatic rings. The van der Waals surface area contributed by atoms with Crippen molar-refractivity contribution in [2.75, 3.05) is 0 Å². The lowest BCUT2D eigenvalue weighted by Crippen LogP contribution is -2.47. The summed E-state index contributed by atoms with van der Waals surface area (Å²) in [7, 11) is 0. The molecule has 7 heteroatoms. The van der Waals surface area contributed by atoms with E-state index in [0.29, 0.717) is 5.56 Å². The number of aliphatic carboxylic acids is 1. The number of rotatable bonds is 6. The summed E-state index contributed by atoms with van der Waals surface area (Å²) >= 11 is 0. The number of nitrogens with two attached hydrogens (primary N) is 1. The molecule has 0 heterocycles. The van der Waals surface area contributed by atoms with Crippen LogP contribution in [0.3, 0.4) is 0 Å². The standard InChI is InChI=1S/C12H14N2O5/c13-11(18)8(6-9(15)16)14-12(19)10(17)7-4-2-1-3-5-7/h1-5,8,10,17H,6H2,(H2,13,18)(H,14,19)(H,15,16)/t8-,10-/m0/s1. The van der Waals surface area contributed by atoms with Crippen molar-refractivity contribution in [1.82, 2.24) is 5.32 Å². The third kappa shape index (κ3) is 4.40. The van der Waals surface area contributed by atoms with Gasteiger partial charge in [0.1, 0.15) is 6.04 Å². The van der Waals surface area contributed by atoms with Gasteiger partial charge in [0.25, 0.3) is 5.91 Å². The van der Waals surface area contributed by atoms with Crippen LogP contribution in [0.15, 0.2) is 30.3 Å². The minimum absolute atomic E-state index is 0.332. The third-order valence-corrected chi connectivity index (χ3v) is 2.40. The van der Waals surface area contributed by atoms with Crippen LogP contribution in [0, 0.1) is 0 Å². The van der Waals surface area contributed by atoms with E-state index in [2.05, 4.69) is 5.32 Å². The van der Waals surface area contributed by atoms with Crippen LogP contribution >= 0.6 is 0 Å². The summed E-state index contributed by atoms with van der Waals surface area (Å²) in [5, 5.41) is 20.4.